The lowest BCUT2D eigenvalue weighted by molar-refractivity contribution is -0.121. The molecule has 112 valence electrons. The van der Waals surface area contributed by atoms with E-state index in [4.69, 9.17) is 0 Å². The fourth-order valence-electron chi connectivity index (χ4n) is 2.27. The summed E-state index contributed by atoms with van der Waals surface area (Å²) in [7, 11) is 0. The van der Waals surface area contributed by atoms with Crippen LogP contribution in [0.3, 0.4) is 0 Å². The van der Waals surface area contributed by atoms with Gasteiger partial charge in [0.1, 0.15) is 5.01 Å². The van der Waals surface area contributed by atoms with Crippen LogP contribution in [0.1, 0.15) is 43.3 Å². The van der Waals surface area contributed by atoms with Crippen LogP contribution in [-0.4, -0.2) is 10.9 Å². The number of thiazole rings is 1. The van der Waals surface area contributed by atoms with Gasteiger partial charge in [0.2, 0.25) is 5.91 Å². The van der Waals surface area contributed by atoms with Crippen molar-refractivity contribution in [1.29, 1.82) is 0 Å². The Hall–Kier alpha value is -1.68. The molecule has 0 radical (unpaired) electrons. The number of rotatable bonds is 7. The van der Waals surface area contributed by atoms with Gasteiger partial charge in [-0.05, 0) is 24.3 Å². The maximum absolute atomic E-state index is 12.2. The highest BCUT2D eigenvalue weighted by Crippen LogP contribution is 2.23. The summed E-state index contributed by atoms with van der Waals surface area (Å²) in [5, 5.41) is 6.08. The van der Waals surface area contributed by atoms with Gasteiger partial charge in [-0.1, -0.05) is 44.2 Å². The minimum absolute atomic E-state index is 0.0354. The van der Waals surface area contributed by atoms with E-state index in [1.54, 1.807) is 17.5 Å². The maximum atomic E-state index is 12.2. The van der Waals surface area contributed by atoms with Crippen molar-refractivity contribution >= 4 is 17.2 Å². The monoisotopic (exact) mass is 302 g/mol. The first kappa shape index (κ1) is 15.7. The molecule has 1 N–H and O–H groups in total. The van der Waals surface area contributed by atoms with Gasteiger partial charge >= 0.3 is 0 Å². The highest BCUT2D eigenvalue weighted by Gasteiger charge is 2.18. The number of aryl methyl sites for hydroxylation is 1. The normalized spacial score (nSPS) is 12.3. The Morgan fingerprint density at radius 3 is 2.67 bits per heavy atom. The van der Waals surface area contributed by atoms with Gasteiger partial charge in [0.05, 0.1) is 6.04 Å². The minimum Gasteiger partial charge on any atom is -0.347 e. The van der Waals surface area contributed by atoms with Gasteiger partial charge in [-0.2, -0.15) is 0 Å². The fraction of sp³-hybridized carbons (Fsp3) is 0.412. The van der Waals surface area contributed by atoms with Gasteiger partial charge in [-0.25, -0.2) is 4.98 Å². The van der Waals surface area contributed by atoms with Crippen molar-refractivity contribution in [3.8, 4) is 0 Å². The van der Waals surface area contributed by atoms with Crippen LogP contribution in [0.15, 0.2) is 41.9 Å². The summed E-state index contributed by atoms with van der Waals surface area (Å²) in [5.41, 5.74) is 1.20. The lowest BCUT2D eigenvalue weighted by Gasteiger charge is -2.18. The molecule has 0 spiro atoms. The summed E-state index contributed by atoms with van der Waals surface area (Å²) in [4.78, 5) is 16.5. The first-order valence-corrected chi connectivity index (χ1v) is 8.26. The lowest BCUT2D eigenvalue weighted by atomic mass is 10.0. The molecule has 0 saturated carbocycles. The van der Waals surface area contributed by atoms with Crippen molar-refractivity contribution in [2.75, 3.05) is 0 Å². The molecule has 0 bridgehead atoms. The van der Waals surface area contributed by atoms with Crippen molar-refractivity contribution in [3.63, 3.8) is 0 Å². The number of nitrogens with zero attached hydrogens (tertiary/aromatic N) is 1. The summed E-state index contributed by atoms with van der Waals surface area (Å²) in [5.74, 6) is 0.619. The van der Waals surface area contributed by atoms with E-state index >= 15 is 0 Å². The van der Waals surface area contributed by atoms with Gasteiger partial charge < -0.3 is 5.32 Å². The predicted molar refractivity (Wildman–Crippen MR) is 87.2 cm³/mol. The summed E-state index contributed by atoms with van der Waals surface area (Å²) in [6, 6.07) is 10.1. The van der Waals surface area contributed by atoms with E-state index in [-0.39, 0.29) is 11.9 Å². The van der Waals surface area contributed by atoms with Crippen molar-refractivity contribution in [3.05, 3.63) is 52.5 Å². The van der Waals surface area contributed by atoms with E-state index in [9.17, 15) is 4.79 Å². The van der Waals surface area contributed by atoms with Gasteiger partial charge in [-0.3, -0.25) is 4.79 Å². The molecule has 1 amide bonds. The molecule has 4 heteroatoms. The molecular weight excluding hydrogens is 280 g/mol. The highest BCUT2D eigenvalue weighted by molar-refractivity contribution is 7.09. The molecule has 21 heavy (non-hydrogen) atoms. The van der Waals surface area contributed by atoms with Gasteiger partial charge in [-0.15, -0.1) is 11.3 Å². The van der Waals surface area contributed by atoms with Gasteiger partial charge in [0.25, 0.3) is 0 Å². The molecule has 1 heterocycles. The third-order valence-corrected chi connectivity index (χ3v) is 4.16. The van der Waals surface area contributed by atoms with Crippen LogP contribution in [0.5, 0.6) is 0 Å². The van der Waals surface area contributed by atoms with E-state index in [1.165, 1.54) is 5.56 Å². The number of amides is 1. The molecule has 0 fully saturated rings. The van der Waals surface area contributed by atoms with Crippen LogP contribution in [0.4, 0.5) is 0 Å². The van der Waals surface area contributed by atoms with Crippen molar-refractivity contribution in [2.45, 2.75) is 39.2 Å². The lowest BCUT2D eigenvalue weighted by Crippen LogP contribution is -2.29. The van der Waals surface area contributed by atoms with Crippen LogP contribution in [0.2, 0.25) is 0 Å². The van der Waals surface area contributed by atoms with Gasteiger partial charge in [0, 0.05) is 18.0 Å². The molecule has 0 saturated heterocycles. The molecule has 0 aliphatic heterocycles. The van der Waals surface area contributed by atoms with E-state index in [1.807, 2.05) is 23.6 Å². The quantitative estimate of drug-likeness (QED) is 0.840. The first-order chi connectivity index (χ1) is 10.1. The zero-order valence-corrected chi connectivity index (χ0v) is 13.4. The smallest absolute Gasteiger partial charge is 0.220 e. The number of carbonyl (C=O) groups excluding carboxylic acids is 1. The Bertz CT molecular complexity index is 537. The topological polar surface area (TPSA) is 42.0 Å². The Morgan fingerprint density at radius 1 is 1.29 bits per heavy atom. The SMILES string of the molecule is CC(C)CC(NC(=O)CCc1ccccc1)c1nccs1. The summed E-state index contributed by atoms with van der Waals surface area (Å²) >= 11 is 1.60. The third kappa shape index (κ3) is 5.31. The number of carbonyl (C=O) groups is 1. The third-order valence-electron chi connectivity index (χ3n) is 3.28. The molecule has 1 aromatic carbocycles. The molecule has 1 atom stereocenters. The minimum atomic E-state index is 0.0354. The van der Waals surface area contributed by atoms with Crippen LogP contribution in [0, 0.1) is 5.92 Å². The van der Waals surface area contributed by atoms with Crippen LogP contribution < -0.4 is 5.32 Å². The summed E-state index contributed by atoms with van der Waals surface area (Å²) < 4.78 is 0. The van der Waals surface area contributed by atoms with Crippen molar-refractivity contribution in [2.24, 2.45) is 5.92 Å². The first-order valence-electron chi connectivity index (χ1n) is 7.38. The highest BCUT2D eigenvalue weighted by atomic mass is 32.1. The molecule has 3 nitrogen and oxygen atoms in total. The van der Waals surface area contributed by atoms with E-state index in [0.29, 0.717) is 12.3 Å². The standard InChI is InChI=1S/C17H22N2OS/c1-13(2)12-15(17-18-10-11-21-17)19-16(20)9-8-14-6-4-3-5-7-14/h3-7,10-11,13,15H,8-9,12H2,1-2H3,(H,19,20). The molecule has 1 unspecified atom stereocenters. The molecule has 0 aliphatic rings. The Balaban J connectivity index is 1.89. The average Bonchev–Trinajstić information content (AvgIpc) is 2.99. The molecule has 2 rings (SSSR count). The van der Waals surface area contributed by atoms with Crippen LogP contribution in [0.25, 0.3) is 0 Å². The molecule has 1 aromatic heterocycles. The Labute approximate surface area is 130 Å². The van der Waals surface area contributed by atoms with E-state index in [0.717, 1.165) is 17.8 Å². The second kappa shape index (κ2) is 7.93. The van der Waals surface area contributed by atoms with Crippen LogP contribution >= 0.6 is 11.3 Å². The van der Waals surface area contributed by atoms with Crippen molar-refractivity contribution in [1.82, 2.24) is 10.3 Å². The van der Waals surface area contributed by atoms with Crippen molar-refractivity contribution < 1.29 is 4.79 Å². The second-order valence-electron chi connectivity index (χ2n) is 5.61. The van der Waals surface area contributed by atoms with E-state index < -0.39 is 0 Å². The fourth-order valence-corrected chi connectivity index (χ4v) is 2.97. The predicted octanol–water partition coefficient (Wildman–Crippen LogP) is 3.98. The largest absolute Gasteiger partial charge is 0.347 e. The zero-order chi connectivity index (χ0) is 15.1. The number of hydrogen-bond donors (Lipinski definition) is 1. The number of benzene rings is 1. The van der Waals surface area contributed by atoms with Crippen LogP contribution in [-0.2, 0) is 11.2 Å². The summed E-state index contributed by atoms with van der Waals surface area (Å²) in [6.07, 6.45) is 4.01. The van der Waals surface area contributed by atoms with Gasteiger partial charge in [0.15, 0.2) is 0 Å². The Morgan fingerprint density at radius 2 is 2.05 bits per heavy atom. The molecule has 2 aromatic rings. The summed E-state index contributed by atoms with van der Waals surface area (Å²) in [6.45, 7) is 4.33. The number of nitrogens with one attached hydrogen (secondary N) is 1. The van der Waals surface area contributed by atoms with E-state index in [2.05, 4.69) is 36.3 Å². The molecule has 0 aliphatic carbocycles. The molecular formula is C17H22N2OS. The average molecular weight is 302 g/mol. The Kier molecular flexibility index (Phi) is 5.93. The number of hydrogen-bond acceptors (Lipinski definition) is 3. The second-order valence-corrected chi connectivity index (χ2v) is 6.53. The number of aromatic nitrogens is 1. The zero-order valence-electron chi connectivity index (χ0n) is 12.6. The maximum Gasteiger partial charge on any atom is 0.220 e.